The van der Waals surface area contributed by atoms with E-state index in [1.54, 1.807) is 6.92 Å². The molecule has 2 rings (SSSR count). The third kappa shape index (κ3) is 6.10. The first-order chi connectivity index (χ1) is 12.9. The maximum Gasteiger partial charge on any atom is 0.387 e. The van der Waals surface area contributed by atoms with Gasteiger partial charge >= 0.3 is 12.6 Å². The number of halogens is 2. The zero-order valence-electron chi connectivity index (χ0n) is 14.3. The minimum atomic E-state index is -2.98. The number of benzene rings is 2. The molecule has 0 heterocycles. The standard InChI is InChI=1S/C17H17F2N3O5/c1-2-26-15-8-11(6-7-14(15)27-16(18)19)10-20-17(23)21-12-4-3-5-13(9-12)22(24)25/h3-9,16H,2,10H2,1H3,(H2,20,21,23). The molecule has 0 aliphatic rings. The molecule has 2 aromatic rings. The Morgan fingerprint density at radius 3 is 2.67 bits per heavy atom. The number of rotatable bonds is 8. The van der Waals surface area contributed by atoms with Crippen LogP contribution in [0.15, 0.2) is 42.5 Å². The predicted octanol–water partition coefficient (Wildman–Crippen LogP) is 3.92. The van der Waals surface area contributed by atoms with Gasteiger partial charge in [-0.3, -0.25) is 10.1 Å². The van der Waals surface area contributed by atoms with Crippen LogP contribution in [0.25, 0.3) is 0 Å². The molecule has 0 aliphatic heterocycles. The van der Waals surface area contributed by atoms with E-state index < -0.39 is 17.6 Å². The number of nitrogens with zero attached hydrogens (tertiary/aromatic N) is 1. The van der Waals surface area contributed by atoms with Crippen LogP contribution >= 0.6 is 0 Å². The second kappa shape index (κ2) is 9.32. The highest BCUT2D eigenvalue weighted by Gasteiger charge is 2.12. The lowest BCUT2D eigenvalue weighted by molar-refractivity contribution is -0.384. The molecule has 0 unspecified atom stereocenters. The molecule has 0 fully saturated rings. The Morgan fingerprint density at radius 2 is 2.00 bits per heavy atom. The monoisotopic (exact) mass is 381 g/mol. The first-order valence-electron chi connectivity index (χ1n) is 7.89. The summed E-state index contributed by atoms with van der Waals surface area (Å²) in [6.07, 6.45) is 0. The summed E-state index contributed by atoms with van der Waals surface area (Å²) in [5.41, 5.74) is 0.704. The normalized spacial score (nSPS) is 10.4. The van der Waals surface area contributed by atoms with Crippen molar-refractivity contribution in [1.29, 1.82) is 0 Å². The van der Waals surface area contributed by atoms with Crippen molar-refractivity contribution in [1.82, 2.24) is 5.32 Å². The van der Waals surface area contributed by atoms with Gasteiger partial charge in [-0.15, -0.1) is 0 Å². The minimum absolute atomic E-state index is 0.0792. The SMILES string of the molecule is CCOc1cc(CNC(=O)Nc2cccc([N+](=O)[O-])c2)ccc1OC(F)F. The summed E-state index contributed by atoms with van der Waals surface area (Å²) in [6.45, 7) is -0.947. The van der Waals surface area contributed by atoms with Gasteiger partial charge in [-0.25, -0.2) is 4.79 Å². The average molecular weight is 381 g/mol. The Morgan fingerprint density at radius 1 is 1.22 bits per heavy atom. The van der Waals surface area contributed by atoms with Crippen LogP contribution in [-0.4, -0.2) is 24.2 Å². The number of ether oxygens (including phenoxy) is 2. The largest absolute Gasteiger partial charge is 0.490 e. The number of hydrogen-bond acceptors (Lipinski definition) is 5. The molecule has 2 amide bonds. The minimum Gasteiger partial charge on any atom is -0.490 e. The van der Waals surface area contributed by atoms with E-state index in [2.05, 4.69) is 15.4 Å². The molecule has 2 N–H and O–H groups in total. The first-order valence-corrected chi connectivity index (χ1v) is 7.89. The second-order valence-corrected chi connectivity index (χ2v) is 5.21. The number of alkyl halides is 2. The molecule has 0 radical (unpaired) electrons. The van der Waals surface area contributed by atoms with Crippen LogP contribution in [0.5, 0.6) is 11.5 Å². The Kier molecular flexibility index (Phi) is 6.86. The number of anilines is 1. The van der Waals surface area contributed by atoms with E-state index in [1.165, 1.54) is 42.5 Å². The molecule has 144 valence electrons. The van der Waals surface area contributed by atoms with Crippen LogP contribution in [-0.2, 0) is 6.54 Å². The maximum absolute atomic E-state index is 12.4. The van der Waals surface area contributed by atoms with E-state index in [0.717, 1.165) is 0 Å². The fourth-order valence-electron chi connectivity index (χ4n) is 2.18. The Labute approximate surface area is 153 Å². The van der Waals surface area contributed by atoms with Crippen molar-refractivity contribution in [3.8, 4) is 11.5 Å². The van der Waals surface area contributed by atoms with Crippen LogP contribution in [0.1, 0.15) is 12.5 Å². The molecule has 10 heteroatoms. The summed E-state index contributed by atoms with van der Waals surface area (Å²) in [5.74, 6) is 0.0350. The van der Waals surface area contributed by atoms with E-state index >= 15 is 0 Å². The molecule has 0 saturated carbocycles. The van der Waals surface area contributed by atoms with Crippen molar-refractivity contribution < 1.29 is 28.0 Å². The fourth-order valence-corrected chi connectivity index (χ4v) is 2.18. The molecule has 0 aromatic heterocycles. The van der Waals surface area contributed by atoms with Crippen molar-refractivity contribution in [3.05, 3.63) is 58.1 Å². The van der Waals surface area contributed by atoms with Crippen LogP contribution in [0.2, 0.25) is 0 Å². The Hall–Kier alpha value is -3.43. The first kappa shape index (κ1) is 19.9. The summed E-state index contributed by atoms with van der Waals surface area (Å²) in [6, 6.07) is 9.22. The number of nitrogens with one attached hydrogen (secondary N) is 2. The highest BCUT2D eigenvalue weighted by Crippen LogP contribution is 2.29. The zero-order valence-corrected chi connectivity index (χ0v) is 14.3. The third-order valence-electron chi connectivity index (χ3n) is 3.29. The highest BCUT2D eigenvalue weighted by atomic mass is 19.3. The van der Waals surface area contributed by atoms with Gasteiger partial charge in [0.2, 0.25) is 0 Å². The summed E-state index contributed by atoms with van der Waals surface area (Å²) >= 11 is 0. The summed E-state index contributed by atoms with van der Waals surface area (Å²) < 4.78 is 34.4. The van der Waals surface area contributed by atoms with E-state index in [9.17, 15) is 23.7 Å². The topological polar surface area (TPSA) is 103 Å². The van der Waals surface area contributed by atoms with Crippen LogP contribution in [0, 0.1) is 10.1 Å². The predicted molar refractivity (Wildman–Crippen MR) is 93.2 cm³/mol. The number of amides is 2. The van der Waals surface area contributed by atoms with Gasteiger partial charge in [-0.2, -0.15) is 8.78 Å². The molecule has 2 aromatic carbocycles. The number of non-ortho nitro benzene ring substituents is 1. The van der Waals surface area contributed by atoms with Crippen LogP contribution in [0.3, 0.4) is 0 Å². The Bertz CT molecular complexity index is 817. The fraction of sp³-hybridized carbons (Fsp3) is 0.235. The number of carbonyl (C=O) groups excluding carboxylic acids is 1. The second-order valence-electron chi connectivity index (χ2n) is 5.21. The van der Waals surface area contributed by atoms with E-state index in [-0.39, 0.29) is 36.0 Å². The summed E-state index contributed by atoms with van der Waals surface area (Å²) in [4.78, 5) is 22.1. The van der Waals surface area contributed by atoms with Crippen LogP contribution in [0.4, 0.5) is 25.0 Å². The lowest BCUT2D eigenvalue weighted by atomic mass is 10.2. The average Bonchev–Trinajstić information content (AvgIpc) is 2.62. The lowest BCUT2D eigenvalue weighted by Crippen LogP contribution is -2.28. The zero-order chi connectivity index (χ0) is 19.8. The van der Waals surface area contributed by atoms with Crippen molar-refractivity contribution in [2.45, 2.75) is 20.1 Å². The number of urea groups is 1. The van der Waals surface area contributed by atoms with Crippen molar-refractivity contribution in [2.24, 2.45) is 0 Å². The molecular formula is C17H17F2N3O5. The van der Waals surface area contributed by atoms with Gasteiger partial charge in [0.1, 0.15) is 0 Å². The molecule has 0 bridgehead atoms. The van der Waals surface area contributed by atoms with Gasteiger partial charge in [0.25, 0.3) is 5.69 Å². The molecular weight excluding hydrogens is 364 g/mol. The summed E-state index contributed by atoms with van der Waals surface area (Å²) in [7, 11) is 0. The summed E-state index contributed by atoms with van der Waals surface area (Å²) in [5, 5.41) is 15.8. The lowest BCUT2D eigenvalue weighted by Gasteiger charge is -2.13. The van der Waals surface area contributed by atoms with Crippen molar-refractivity contribution in [3.63, 3.8) is 0 Å². The highest BCUT2D eigenvalue weighted by molar-refractivity contribution is 5.89. The van der Waals surface area contributed by atoms with E-state index in [4.69, 9.17) is 4.74 Å². The Balaban J connectivity index is 1.99. The van der Waals surface area contributed by atoms with Gasteiger partial charge in [0, 0.05) is 24.4 Å². The molecule has 0 aliphatic carbocycles. The maximum atomic E-state index is 12.4. The quantitative estimate of drug-likeness (QED) is 0.533. The number of nitro groups is 1. The molecule has 0 spiro atoms. The molecule has 8 nitrogen and oxygen atoms in total. The van der Waals surface area contributed by atoms with E-state index in [0.29, 0.717) is 5.56 Å². The number of hydrogen-bond donors (Lipinski definition) is 2. The van der Waals surface area contributed by atoms with Crippen molar-refractivity contribution >= 4 is 17.4 Å². The smallest absolute Gasteiger partial charge is 0.387 e. The third-order valence-corrected chi connectivity index (χ3v) is 3.29. The number of nitro benzene ring substituents is 1. The number of carbonyl (C=O) groups is 1. The van der Waals surface area contributed by atoms with Gasteiger partial charge in [-0.1, -0.05) is 12.1 Å². The van der Waals surface area contributed by atoms with E-state index in [1.807, 2.05) is 0 Å². The van der Waals surface area contributed by atoms with Crippen molar-refractivity contribution in [2.75, 3.05) is 11.9 Å². The van der Waals surface area contributed by atoms with Gasteiger partial charge < -0.3 is 20.1 Å². The van der Waals surface area contributed by atoms with Gasteiger partial charge in [0.05, 0.1) is 11.5 Å². The van der Waals surface area contributed by atoms with Crippen LogP contribution < -0.4 is 20.1 Å². The van der Waals surface area contributed by atoms with Gasteiger partial charge in [-0.05, 0) is 30.7 Å². The van der Waals surface area contributed by atoms with Gasteiger partial charge in [0.15, 0.2) is 11.5 Å². The molecule has 27 heavy (non-hydrogen) atoms. The molecule has 0 saturated heterocycles. The molecule has 0 atom stereocenters.